The molecule has 2 atom stereocenters. The molecule has 4 heteroatoms. The first-order valence-corrected chi connectivity index (χ1v) is 7.09. The van der Waals surface area contributed by atoms with Gasteiger partial charge in [0.15, 0.2) is 0 Å². The summed E-state index contributed by atoms with van der Waals surface area (Å²) >= 11 is 0. The number of rotatable bonds is 2. The topological polar surface area (TPSA) is 57.4 Å². The molecule has 1 saturated heterocycles. The highest BCUT2D eigenvalue weighted by molar-refractivity contribution is 5.93. The number of hydrogen-bond acceptors (Lipinski definition) is 4. The Morgan fingerprint density at radius 2 is 1.95 bits per heavy atom. The minimum atomic E-state index is 0.158. The van der Waals surface area contributed by atoms with Gasteiger partial charge in [-0.25, -0.2) is 0 Å². The maximum Gasteiger partial charge on any atom is 0.143 e. The summed E-state index contributed by atoms with van der Waals surface area (Å²) in [6.07, 6.45) is 4.18. The fourth-order valence-corrected chi connectivity index (χ4v) is 2.88. The summed E-state index contributed by atoms with van der Waals surface area (Å²) in [5.74, 6) is 0.747. The van der Waals surface area contributed by atoms with Crippen molar-refractivity contribution < 1.29 is 9.47 Å². The summed E-state index contributed by atoms with van der Waals surface area (Å²) in [6, 6.07) is 7.73. The Hall–Kier alpha value is -1.81. The van der Waals surface area contributed by atoms with Crippen molar-refractivity contribution in [3.05, 3.63) is 30.5 Å². The lowest BCUT2D eigenvalue weighted by Crippen LogP contribution is -2.35. The molecule has 4 nitrogen and oxygen atoms in total. The molecule has 3 rings (SSSR count). The smallest absolute Gasteiger partial charge is 0.143 e. The minimum absolute atomic E-state index is 0.158. The maximum absolute atomic E-state index is 6.21. The number of fused-ring (bicyclic) bond motifs is 1. The molecule has 2 heterocycles. The van der Waals surface area contributed by atoms with Gasteiger partial charge < -0.3 is 15.2 Å². The minimum Gasteiger partial charge on any atom is -0.488 e. The van der Waals surface area contributed by atoms with E-state index in [0.29, 0.717) is 5.69 Å². The molecule has 1 aromatic heterocycles. The quantitative estimate of drug-likeness (QED) is 0.853. The number of anilines is 1. The lowest BCUT2D eigenvalue weighted by molar-refractivity contribution is -0.0719. The fourth-order valence-electron chi connectivity index (χ4n) is 2.88. The normalized spacial score (nSPS) is 26.6. The second-order valence-electron chi connectivity index (χ2n) is 5.52. The van der Waals surface area contributed by atoms with Gasteiger partial charge in [-0.1, -0.05) is 0 Å². The van der Waals surface area contributed by atoms with Gasteiger partial charge in [-0.05, 0) is 38.1 Å². The second-order valence-corrected chi connectivity index (χ2v) is 5.52. The van der Waals surface area contributed by atoms with E-state index in [2.05, 4.69) is 18.8 Å². The fraction of sp³-hybridized carbons (Fsp3) is 0.438. The van der Waals surface area contributed by atoms with Crippen molar-refractivity contribution in [2.24, 2.45) is 0 Å². The van der Waals surface area contributed by atoms with Gasteiger partial charge in [0.25, 0.3) is 0 Å². The Bertz CT molecular complexity index is 604. The van der Waals surface area contributed by atoms with Crippen LogP contribution in [0.2, 0.25) is 0 Å². The average molecular weight is 272 g/mol. The summed E-state index contributed by atoms with van der Waals surface area (Å²) in [5, 5.41) is 0.943. The number of ether oxygens (including phenoxy) is 2. The van der Waals surface area contributed by atoms with Gasteiger partial charge in [-0.15, -0.1) is 0 Å². The molecule has 1 aliphatic heterocycles. The predicted molar refractivity (Wildman–Crippen MR) is 79.8 cm³/mol. The number of nitrogens with two attached hydrogens (primary N) is 1. The van der Waals surface area contributed by atoms with Crippen LogP contribution in [0.3, 0.4) is 0 Å². The standard InChI is InChI=1S/C16H20N2O2/c1-10-8-12(9-11(2)19-10)20-15-6-5-14-13(16(15)17)4-3-7-18-14/h3-7,10-12H,8-9,17H2,1-2H3. The SMILES string of the molecule is CC1CC(Oc2ccc3ncccc3c2N)CC(C)O1. The molecule has 0 saturated carbocycles. The van der Waals surface area contributed by atoms with Gasteiger partial charge in [-0.2, -0.15) is 0 Å². The molecule has 1 aliphatic rings. The molecule has 0 amide bonds. The number of aromatic nitrogens is 1. The number of nitrogens with zero attached hydrogens (tertiary/aromatic N) is 1. The van der Waals surface area contributed by atoms with Crippen molar-refractivity contribution in [1.29, 1.82) is 0 Å². The van der Waals surface area contributed by atoms with Gasteiger partial charge in [0.1, 0.15) is 11.9 Å². The Kier molecular flexibility index (Phi) is 3.49. The van der Waals surface area contributed by atoms with Crippen LogP contribution >= 0.6 is 0 Å². The largest absolute Gasteiger partial charge is 0.488 e. The van der Waals surface area contributed by atoms with Crippen LogP contribution in [0.5, 0.6) is 5.75 Å². The van der Waals surface area contributed by atoms with Crippen LogP contribution in [-0.4, -0.2) is 23.3 Å². The zero-order valence-electron chi connectivity index (χ0n) is 11.9. The summed E-state index contributed by atoms with van der Waals surface area (Å²) in [7, 11) is 0. The summed E-state index contributed by atoms with van der Waals surface area (Å²) in [5.41, 5.74) is 7.77. The molecule has 1 fully saturated rings. The molecule has 0 radical (unpaired) electrons. The molecule has 2 aromatic rings. The Labute approximate surface area is 118 Å². The highest BCUT2D eigenvalue weighted by Gasteiger charge is 2.26. The van der Waals surface area contributed by atoms with Crippen LogP contribution in [0.15, 0.2) is 30.5 Å². The predicted octanol–water partition coefficient (Wildman–Crippen LogP) is 3.15. The third kappa shape index (κ3) is 2.56. The van der Waals surface area contributed by atoms with Crippen molar-refractivity contribution in [3.8, 4) is 5.75 Å². The Morgan fingerprint density at radius 3 is 2.70 bits per heavy atom. The van der Waals surface area contributed by atoms with Crippen molar-refractivity contribution in [1.82, 2.24) is 4.98 Å². The Balaban J connectivity index is 1.85. The number of nitrogen functional groups attached to an aromatic ring is 1. The van der Waals surface area contributed by atoms with Crippen LogP contribution in [0.4, 0.5) is 5.69 Å². The molecular formula is C16H20N2O2. The number of pyridine rings is 1. The molecule has 0 aliphatic carbocycles. The monoisotopic (exact) mass is 272 g/mol. The van der Waals surface area contributed by atoms with Crippen LogP contribution < -0.4 is 10.5 Å². The Morgan fingerprint density at radius 1 is 1.20 bits per heavy atom. The molecule has 1 aromatic carbocycles. The van der Waals surface area contributed by atoms with Crippen molar-refractivity contribution in [2.45, 2.75) is 45.0 Å². The molecule has 106 valence electrons. The van der Waals surface area contributed by atoms with Crippen LogP contribution in [0.1, 0.15) is 26.7 Å². The molecular weight excluding hydrogens is 252 g/mol. The van der Waals surface area contributed by atoms with Crippen LogP contribution in [-0.2, 0) is 4.74 Å². The lowest BCUT2D eigenvalue weighted by atomic mass is 10.0. The highest BCUT2D eigenvalue weighted by Crippen LogP contribution is 2.32. The van der Waals surface area contributed by atoms with Crippen LogP contribution in [0.25, 0.3) is 10.9 Å². The van der Waals surface area contributed by atoms with E-state index in [1.165, 1.54) is 0 Å². The molecule has 0 bridgehead atoms. The van der Waals surface area contributed by atoms with E-state index in [0.717, 1.165) is 29.5 Å². The molecule has 0 spiro atoms. The third-order valence-electron chi connectivity index (χ3n) is 3.73. The zero-order valence-corrected chi connectivity index (χ0v) is 11.9. The number of benzene rings is 1. The van der Waals surface area contributed by atoms with E-state index in [1.54, 1.807) is 6.20 Å². The second kappa shape index (κ2) is 5.29. The first-order chi connectivity index (χ1) is 9.63. The van der Waals surface area contributed by atoms with E-state index in [4.69, 9.17) is 15.2 Å². The summed E-state index contributed by atoms with van der Waals surface area (Å²) < 4.78 is 11.8. The highest BCUT2D eigenvalue weighted by atomic mass is 16.5. The van der Waals surface area contributed by atoms with Gasteiger partial charge in [0, 0.05) is 24.4 Å². The van der Waals surface area contributed by atoms with E-state index < -0.39 is 0 Å². The van der Waals surface area contributed by atoms with Crippen molar-refractivity contribution >= 4 is 16.6 Å². The zero-order chi connectivity index (χ0) is 14.1. The van der Waals surface area contributed by atoms with Crippen molar-refractivity contribution in [3.63, 3.8) is 0 Å². The number of hydrogen-bond donors (Lipinski definition) is 1. The van der Waals surface area contributed by atoms with Gasteiger partial charge in [0.2, 0.25) is 0 Å². The first kappa shape index (κ1) is 13.2. The van der Waals surface area contributed by atoms with Gasteiger partial charge in [0.05, 0.1) is 23.4 Å². The van der Waals surface area contributed by atoms with E-state index >= 15 is 0 Å². The first-order valence-electron chi connectivity index (χ1n) is 7.09. The molecule has 2 unspecified atom stereocenters. The van der Waals surface area contributed by atoms with Crippen molar-refractivity contribution in [2.75, 3.05) is 5.73 Å². The van der Waals surface area contributed by atoms with Crippen LogP contribution in [0, 0.1) is 0 Å². The summed E-state index contributed by atoms with van der Waals surface area (Å²) in [4.78, 5) is 4.30. The molecule has 20 heavy (non-hydrogen) atoms. The van der Waals surface area contributed by atoms with E-state index in [1.807, 2.05) is 24.3 Å². The average Bonchev–Trinajstić information content (AvgIpc) is 2.41. The maximum atomic E-state index is 6.21. The molecule has 2 N–H and O–H groups in total. The summed E-state index contributed by atoms with van der Waals surface area (Å²) in [6.45, 7) is 4.17. The van der Waals surface area contributed by atoms with E-state index in [-0.39, 0.29) is 18.3 Å². The third-order valence-corrected chi connectivity index (χ3v) is 3.73. The lowest BCUT2D eigenvalue weighted by Gasteiger charge is -2.32. The van der Waals surface area contributed by atoms with Gasteiger partial charge in [-0.3, -0.25) is 4.98 Å². The van der Waals surface area contributed by atoms with Gasteiger partial charge >= 0.3 is 0 Å². The van der Waals surface area contributed by atoms with E-state index in [9.17, 15) is 0 Å².